The first-order valence-corrected chi connectivity index (χ1v) is 16.3. The molecule has 0 radical (unpaired) electrons. The van der Waals surface area contributed by atoms with Gasteiger partial charge in [-0.05, 0) is 71.0 Å². The van der Waals surface area contributed by atoms with Gasteiger partial charge in [0.05, 0.1) is 24.2 Å². The molecule has 3 fully saturated rings. The molecule has 2 aromatic heterocycles. The minimum atomic E-state index is -0.704. The van der Waals surface area contributed by atoms with E-state index in [0.29, 0.717) is 53.3 Å². The number of hydrogen-bond donors (Lipinski definition) is 1. The molecule has 3 saturated heterocycles. The summed E-state index contributed by atoms with van der Waals surface area (Å²) in [5.41, 5.74) is 0.650. The molecule has 3 unspecified atom stereocenters. The first-order chi connectivity index (χ1) is 22.4. The van der Waals surface area contributed by atoms with Gasteiger partial charge in [-0.3, -0.25) is 9.69 Å². The van der Waals surface area contributed by atoms with Crippen LogP contribution in [-0.4, -0.2) is 95.3 Å². The zero-order chi connectivity index (χ0) is 33.9. The van der Waals surface area contributed by atoms with Gasteiger partial charge in [0.2, 0.25) is 0 Å². The summed E-state index contributed by atoms with van der Waals surface area (Å²) in [6.45, 7) is 10.7. The molecule has 0 aliphatic carbocycles. The lowest BCUT2D eigenvalue weighted by atomic mass is 9.98. The maximum atomic E-state index is 15.9. The van der Waals surface area contributed by atoms with Gasteiger partial charge < -0.3 is 24.6 Å². The number of methoxy groups -OCH3 is 1. The molecule has 6 rings (SSSR count). The fraction of sp³-hybridized carbons (Fsp3) is 0.559. The highest BCUT2D eigenvalue weighted by Gasteiger charge is 2.35. The van der Waals surface area contributed by atoms with E-state index in [1.807, 2.05) is 11.8 Å². The van der Waals surface area contributed by atoms with Crippen LogP contribution in [0.25, 0.3) is 10.9 Å². The van der Waals surface area contributed by atoms with Crippen LogP contribution in [0.2, 0.25) is 0 Å². The van der Waals surface area contributed by atoms with Gasteiger partial charge in [-0.25, -0.2) is 23.5 Å². The van der Waals surface area contributed by atoms with Crippen molar-refractivity contribution in [2.24, 2.45) is 0 Å². The predicted molar refractivity (Wildman–Crippen MR) is 177 cm³/mol. The number of rotatable bonds is 8. The van der Waals surface area contributed by atoms with E-state index in [2.05, 4.69) is 25.2 Å². The quantitative estimate of drug-likeness (QED) is 0.272. The van der Waals surface area contributed by atoms with Crippen molar-refractivity contribution >= 4 is 40.6 Å². The highest BCUT2D eigenvalue weighted by molar-refractivity contribution is 5.94. The Kier molecular flexibility index (Phi) is 10.4. The Morgan fingerprint density at radius 2 is 1.98 bits per heavy atom. The molecule has 5 heterocycles. The van der Waals surface area contributed by atoms with Crippen molar-refractivity contribution in [3.05, 3.63) is 41.3 Å². The van der Waals surface area contributed by atoms with E-state index in [0.717, 1.165) is 32.5 Å². The Bertz CT molecular complexity index is 1580. The van der Waals surface area contributed by atoms with Crippen LogP contribution < -0.4 is 15.0 Å². The molecule has 13 heteroatoms. The number of fused-ring (bicyclic) bond motifs is 2. The Morgan fingerprint density at radius 1 is 1.21 bits per heavy atom. The van der Waals surface area contributed by atoms with Gasteiger partial charge in [-0.2, -0.15) is 4.98 Å². The summed E-state index contributed by atoms with van der Waals surface area (Å²) in [6.07, 6.45) is 6.01. The summed E-state index contributed by atoms with van der Waals surface area (Å²) < 4.78 is 39.2. The van der Waals surface area contributed by atoms with E-state index < -0.39 is 29.7 Å². The van der Waals surface area contributed by atoms with Crippen molar-refractivity contribution in [1.82, 2.24) is 24.8 Å². The number of alkyl halides is 1. The van der Waals surface area contributed by atoms with Crippen LogP contribution in [-0.2, 0) is 4.74 Å². The number of nitrogens with one attached hydrogen (secondary N) is 1. The molecule has 1 aromatic carbocycles. The van der Waals surface area contributed by atoms with Crippen LogP contribution in [0.5, 0.6) is 6.01 Å². The molecule has 0 saturated carbocycles. The second kappa shape index (κ2) is 14.3. The second-order valence-corrected chi connectivity index (χ2v) is 13.3. The van der Waals surface area contributed by atoms with E-state index in [4.69, 9.17) is 9.47 Å². The molecule has 3 aliphatic heterocycles. The second-order valence-electron chi connectivity index (χ2n) is 13.3. The number of hydrogen-bond acceptors (Lipinski definition) is 10. The third-order valence-corrected chi connectivity index (χ3v) is 8.83. The normalized spacial score (nSPS) is 19.7. The summed E-state index contributed by atoms with van der Waals surface area (Å²) in [6, 6.07) is 5.32. The third kappa shape index (κ3) is 7.55. The minimum Gasteiger partial charge on any atom is -0.467 e. The largest absolute Gasteiger partial charge is 0.467 e. The fourth-order valence-corrected chi connectivity index (χ4v) is 6.39. The molecule has 47 heavy (non-hydrogen) atoms. The topological polar surface area (TPSA) is 113 Å². The zero-order valence-electron chi connectivity index (χ0n) is 28.1. The summed E-state index contributed by atoms with van der Waals surface area (Å²) in [7, 11) is 3.05. The number of nitrogens with zero attached hydrogens (tertiary/aromatic N) is 6. The first-order valence-electron chi connectivity index (χ1n) is 16.3. The van der Waals surface area contributed by atoms with Crippen molar-refractivity contribution < 1.29 is 27.8 Å². The highest BCUT2D eigenvalue weighted by Crippen LogP contribution is 2.38. The SMILES string of the molecule is CCC(c1cccc(C=O)c1Nc1nc(N2CCC2)c2cnc(OC)nc2c1F)N(C)C(=O)OC(C)(C)C.FC1CC2CCCN2C1. The molecular weight excluding hydrogens is 608 g/mol. The van der Waals surface area contributed by atoms with Crippen molar-refractivity contribution in [1.29, 1.82) is 0 Å². The van der Waals surface area contributed by atoms with Crippen LogP contribution in [0.4, 0.5) is 30.9 Å². The van der Waals surface area contributed by atoms with E-state index in [-0.39, 0.29) is 17.3 Å². The number of carbonyl (C=O) groups excluding carboxylic acids is 2. The number of pyridine rings is 1. The number of aldehydes is 1. The summed E-state index contributed by atoms with van der Waals surface area (Å²) in [5.74, 6) is -0.253. The Morgan fingerprint density at radius 3 is 2.60 bits per heavy atom. The van der Waals surface area contributed by atoms with E-state index >= 15 is 4.39 Å². The summed E-state index contributed by atoms with van der Waals surface area (Å²) in [4.78, 5) is 43.7. The van der Waals surface area contributed by atoms with Crippen LogP contribution >= 0.6 is 0 Å². The molecule has 0 bridgehead atoms. The number of benzene rings is 1. The average Bonchev–Trinajstić information content (AvgIpc) is 3.59. The number of carbonyl (C=O) groups is 2. The number of aromatic nitrogens is 3. The molecule has 3 aliphatic rings. The van der Waals surface area contributed by atoms with Crippen LogP contribution in [0, 0.1) is 5.82 Å². The molecule has 1 amide bonds. The van der Waals surface area contributed by atoms with Gasteiger partial charge in [0, 0.05) is 44.5 Å². The number of para-hydroxylation sites is 1. The van der Waals surface area contributed by atoms with Gasteiger partial charge in [0.1, 0.15) is 23.1 Å². The maximum absolute atomic E-state index is 15.9. The smallest absolute Gasteiger partial charge is 0.410 e. The lowest BCUT2D eigenvalue weighted by Crippen LogP contribution is -2.38. The Hall–Kier alpha value is -4.13. The molecule has 3 atom stereocenters. The first kappa shape index (κ1) is 34.2. The number of amides is 1. The zero-order valence-corrected chi connectivity index (χ0v) is 28.1. The maximum Gasteiger partial charge on any atom is 0.410 e. The molecule has 1 N–H and O–H groups in total. The number of ether oxygens (including phenoxy) is 2. The molecule has 3 aromatic rings. The van der Waals surface area contributed by atoms with Crippen LogP contribution in [0.3, 0.4) is 0 Å². The van der Waals surface area contributed by atoms with Gasteiger partial charge in [-0.1, -0.05) is 19.1 Å². The lowest BCUT2D eigenvalue weighted by molar-refractivity contribution is 0.0216. The van der Waals surface area contributed by atoms with Gasteiger partial charge in [0.25, 0.3) is 0 Å². The van der Waals surface area contributed by atoms with E-state index in [9.17, 15) is 14.0 Å². The Labute approximate surface area is 274 Å². The minimum absolute atomic E-state index is 0.0297. The molecular formula is C34H45F2N7O4. The van der Waals surface area contributed by atoms with E-state index in [1.54, 1.807) is 46.0 Å². The molecule has 0 spiro atoms. The average molecular weight is 654 g/mol. The monoisotopic (exact) mass is 653 g/mol. The van der Waals surface area contributed by atoms with Gasteiger partial charge in [-0.15, -0.1) is 0 Å². The van der Waals surface area contributed by atoms with E-state index in [1.165, 1.54) is 31.0 Å². The van der Waals surface area contributed by atoms with Crippen molar-refractivity contribution in [3.63, 3.8) is 0 Å². The lowest BCUT2D eigenvalue weighted by Gasteiger charge is -2.33. The van der Waals surface area contributed by atoms with Gasteiger partial charge >= 0.3 is 12.1 Å². The fourth-order valence-electron chi connectivity index (χ4n) is 6.39. The summed E-state index contributed by atoms with van der Waals surface area (Å²) >= 11 is 0. The molecule has 11 nitrogen and oxygen atoms in total. The van der Waals surface area contributed by atoms with Crippen LogP contribution in [0.1, 0.15) is 81.8 Å². The number of halogens is 2. The predicted octanol–water partition coefficient (Wildman–Crippen LogP) is 6.45. The summed E-state index contributed by atoms with van der Waals surface area (Å²) in [5, 5.41) is 3.53. The van der Waals surface area contributed by atoms with Gasteiger partial charge in [0.15, 0.2) is 17.9 Å². The standard InChI is InChI=1S/C27H33FN6O4.C7H12FN/c1-7-19(33(5)26(36)38-27(2,3)4)17-11-8-10-16(15-35)21(17)30-23-20(28)22-18(14-29-25(31-22)37-6)24(32-23)34-12-9-13-34;8-6-4-7-2-1-3-9(7)5-6/h8,10-11,14-15,19H,7,9,12-13H2,1-6H3,(H,30,32);6-7H,1-5H2. The number of anilines is 3. The van der Waals surface area contributed by atoms with Crippen molar-refractivity contribution in [2.45, 2.75) is 83.7 Å². The van der Waals surface area contributed by atoms with Crippen molar-refractivity contribution in [3.8, 4) is 6.01 Å². The molecule has 254 valence electrons. The third-order valence-electron chi connectivity index (χ3n) is 8.83. The van der Waals surface area contributed by atoms with Crippen LogP contribution in [0.15, 0.2) is 24.4 Å². The highest BCUT2D eigenvalue weighted by atomic mass is 19.1. The Balaban J connectivity index is 0.000000410. The van der Waals surface area contributed by atoms with Crippen molar-refractivity contribution in [2.75, 3.05) is 50.6 Å².